The van der Waals surface area contributed by atoms with E-state index in [0.717, 1.165) is 30.4 Å². The Bertz CT molecular complexity index is 1260. The Morgan fingerprint density at radius 3 is 2.97 bits per heavy atom. The highest BCUT2D eigenvalue weighted by atomic mass is 16.1. The number of aromatic nitrogens is 5. The van der Waals surface area contributed by atoms with Crippen LogP contribution in [0.1, 0.15) is 49.9 Å². The number of rotatable bonds is 7. The number of aryl methyl sites for hydroxylation is 1. The Labute approximate surface area is 188 Å². The Morgan fingerprint density at radius 2 is 2.19 bits per heavy atom. The molecule has 0 spiro atoms. The van der Waals surface area contributed by atoms with Gasteiger partial charge >= 0.3 is 0 Å². The number of benzene rings is 1. The molecule has 0 bridgehead atoms. The summed E-state index contributed by atoms with van der Waals surface area (Å²) in [6.45, 7) is -5.59. The summed E-state index contributed by atoms with van der Waals surface area (Å²) in [7, 11) is 4.07. The van der Waals surface area contributed by atoms with Crippen molar-refractivity contribution in [1.82, 2.24) is 29.9 Å². The predicted molar refractivity (Wildman–Crippen MR) is 120 cm³/mol. The van der Waals surface area contributed by atoms with Crippen LogP contribution in [-0.4, -0.2) is 61.9 Å². The molecule has 0 saturated heterocycles. The van der Waals surface area contributed by atoms with Crippen LogP contribution in [0.2, 0.25) is 0 Å². The van der Waals surface area contributed by atoms with E-state index in [9.17, 15) is 4.79 Å². The molecule has 1 fully saturated rings. The van der Waals surface area contributed by atoms with Crippen LogP contribution in [0.5, 0.6) is 0 Å². The van der Waals surface area contributed by atoms with Crippen LogP contribution in [0.4, 0.5) is 17.5 Å². The van der Waals surface area contributed by atoms with Crippen LogP contribution in [0.15, 0.2) is 24.4 Å². The van der Waals surface area contributed by atoms with Crippen molar-refractivity contribution in [3.05, 3.63) is 30.1 Å². The summed E-state index contributed by atoms with van der Waals surface area (Å²) in [5.41, 5.74) is 6.15. The topological polar surface area (TPSA) is 127 Å². The van der Waals surface area contributed by atoms with Gasteiger partial charge in [0.15, 0.2) is 11.5 Å². The van der Waals surface area contributed by atoms with E-state index >= 15 is 0 Å². The third-order valence-electron chi connectivity index (χ3n) is 5.56. The van der Waals surface area contributed by atoms with Crippen LogP contribution in [0.25, 0.3) is 10.9 Å². The van der Waals surface area contributed by atoms with E-state index in [0.29, 0.717) is 22.6 Å². The number of amides is 1. The second-order valence-corrected chi connectivity index (χ2v) is 7.83. The van der Waals surface area contributed by atoms with Gasteiger partial charge in [-0.3, -0.25) is 9.48 Å². The number of fused-ring (bicyclic) bond motifs is 1. The van der Waals surface area contributed by atoms with Gasteiger partial charge in [0.2, 0.25) is 5.95 Å². The lowest BCUT2D eigenvalue weighted by Gasteiger charge is -2.36. The Hall–Kier alpha value is -3.27. The predicted octanol–water partition coefficient (Wildman–Crippen LogP) is 2.37. The van der Waals surface area contributed by atoms with Crippen LogP contribution in [-0.2, 0) is 6.50 Å². The molecule has 0 radical (unpaired) electrons. The van der Waals surface area contributed by atoms with Crippen molar-refractivity contribution < 1.29 is 11.6 Å². The number of anilines is 3. The van der Waals surface area contributed by atoms with Gasteiger partial charge in [0.25, 0.3) is 5.91 Å². The maximum absolute atomic E-state index is 12.0. The van der Waals surface area contributed by atoms with Crippen LogP contribution >= 0.6 is 0 Å². The van der Waals surface area contributed by atoms with E-state index in [-0.39, 0.29) is 23.5 Å². The quantitative estimate of drug-likeness (QED) is 0.523. The summed E-state index contributed by atoms with van der Waals surface area (Å²) in [5, 5.41) is 18.9. The number of nitrogens with one attached hydrogen (secondary N) is 2. The lowest BCUT2D eigenvalue weighted by atomic mass is 9.89. The van der Waals surface area contributed by atoms with Crippen molar-refractivity contribution in [2.75, 3.05) is 24.7 Å². The number of primary amides is 1. The van der Waals surface area contributed by atoms with E-state index in [1.165, 1.54) is 12.3 Å². The monoisotopic (exact) mass is 428 g/mol. The summed E-state index contributed by atoms with van der Waals surface area (Å²) in [6, 6.07) is 5.20. The molecule has 31 heavy (non-hydrogen) atoms. The molecule has 164 valence electrons. The Kier molecular flexibility index (Phi) is 4.43. The zero-order valence-corrected chi connectivity index (χ0v) is 17.5. The van der Waals surface area contributed by atoms with Crippen molar-refractivity contribution >= 4 is 34.3 Å². The fourth-order valence-electron chi connectivity index (χ4n) is 4.04. The second kappa shape index (κ2) is 8.84. The number of hydrogen-bond donors (Lipinski definition) is 3. The fraction of sp³-hybridized carbons (Fsp3) is 0.476. The van der Waals surface area contributed by atoms with E-state index in [1.807, 2.05) is 14.1 Å². The second-order valence-electron chi connectivity index (χ2n) is 7.83. The summed E-state index contributed by atoms with van der Waals surface area (Å²) in [4.78, 5) is 18.6. The zero-order chi connectivity index (χ0) is 26.3. The maximum Gasteiger partial charge on any atom is 0.273 e. The summed E-state index contributed by atoms with van der Waals surface area (Å²) < 4.78 is 39.3. The number of carbonyl (C=O) groups is 1. The van der Waals surface area contributed by atoms with Gasteiger partial charge in [0, 0.05) is 33.8 Å². The molecule has 2 aromatic heterocycles. The molecule has 3 aromatic rings. The molecule has 2 heterocycles. The summed E-state index contributed by atoms with van der Waals surface area (Å²) in [5.74, 6) is -0.421. The van der Waals surface area contributed by atoms with Gasteiger partial charge in [-0.2, -0.15) is 10.1 Å². The van der Waals surface area contributed by atoms with Gasteiger partial charge in [0.05, 0.1) is 14.5 Å². The first-order valence-electron chi connectivity index (χ1n) is 12.6. The van der Waals surface area contributed by atoms with Crippen molar-refractivity contribution in [3.8, 4) is 0 Å². The van der Waals surface area contributed by atoms with Crippen molar-refractivity contribution in [2.24, 2.45) is 5.73 Å². The third-order valence-corrected chi connectivity index (χ3v) is 5.56. The number of nitrogens with two attached hydrogens (primary N) is 1. The third kappa shape index (κ3) is 4.43. The number of hydrogen-bond acceptors (Lipinski definition) is 8. The molecule has 1 saturated carbocycles. The molecule has 4 rings (SSSR count). The number of nitrogens with zero attached hydrogens (tertiary/aromatic N) is 6. The van der Waals surface area contributed by atoms with Crippen molar-refractivity contribution in [2.45, 2.75) is 51.1 Å². The van der Waals surface area contributed by atoms with Gasteiger partial charge in [-0.25, -0.2) is 0 Å². The minimum atomic E-state index is -2.90. The lowest BCUT2D eigenvalue weighted by molar-refractivity contribution is 0.0995. The zero-order valence-electron chi connectivity index (χ0n) is 22.5. The molecule has 1 aromatic carbocycles. The van der Waals surface area contributed by atoms with Crippen molar-refractivity contribution in [3.63, 3.8) is 0 Å². The molecule has 0 unspecified atom stereocenters. The molecule has 10 heteroatoms. The molecule has 4 N–H and O–H groups in total. The largest absolute Gasteiger partial charge is 0.364 e. The first-order valence-corrected chi connectivity index (χ1v) is 10.1. The average molecular weight is 429 g/mol. The first kappa shape index (κ1) is 15.5. The lowest BCUT2D eigenvalue weighted by Crippen LogP contribution is -2.45. The number of likely N-dealkylation sites (N-methyl/N-ethyl adjacent to an activating group) is 1. The average Bonchev–Trinajstić information content (AvgIpc) is 3.22. The molecule has 1 aliphatic carbocycles. The van der Waals surface area contributed by atoms with Crippen molar-refractivity contribution in [1.29, 1.82) is 0 Å². The highest BCUT2D eigenvalue weighted by Gasteiger charge is 2.27. The van der Waals surface area contributed by atoms with Gasteiger partial charge in [-0.15, -0.1) is 10.2 Å². The normalized spacial score (nSPS) is 22.2. The smallest absolute Gasteiger partial charge is 0.273 e. The fourth-order valence-corrected chi connectivity index (χ4v) is 4.04. The van der Waals surface area contributed by atoms with E-state index in [1.54, 1.807) is 12.1 Å². The Balaban J connectivity index is 1.63. The van der Waals surface area contributed by atoms with E-state index in [2.05, 4.69) is 35.8 Å². The van der Waals surface area contributed by atoms with E-state index in [4.69, 9.17) is 12.6 Å². The van der Waals surface area contributed by atoms with Gasteiger partial charge in [-0.05, 0) is 52.0 Å². The molecule has 2 atom stereocenters. The maximum atomic E-state index is 12.0. The molecule has 10 nitrogen and oxygen atoms in total. The SMILES string of the molecule is [2H]C([2H])([2H])C([2H])([2H])n1ncc2cc(Nc3nc(N[C@@H]4CCCC[C@@H]4N(C)C)nnc3C(N)=O)ccc21. The number of carbonyl (C=O) groups excluding carboxylic acids is 1. The van der Waals surface area contributed by atoms with Crippen LogP contribution in [0, 0.1) is 0 Å². The van der Waals surface area contributed by atoms with Gasteiger partial charge in [0.1, 0.15) is 0 Å². The molecule has 0 aliphatic heterocycles. The first-order chi connectivity index (χ1) is 16.9. The summed E-state index contributed by atoms with van der Waals surface area (Å²) in [6.07, 6.45) is 5.62. The van der Waals surface area contributed by atoms with Crippen LogP contribution in [0.3, 0.4) is 0 Å². The molecule has 1 aliphatic rings. The molecular formula is C21H29N9O. The van der Waals surface area contributed by atoms with E-state index < -0.39 is 19.3 Å². The molecular weight excluding hydrogens is 394 g/mol. The standard InChI is InChI=1S/C21H29N9O/c1-4-30-16-10-9-14(11-13(16)12-23-30)24-20-18(19(22)31)27-28-21(26-20)25-15-7-5-6-8-17(15)29(2)3/h9-12,15,17H,4-8H2,1-3H3,(H2,22,31)(H2,24,25,26,28)/t15-,17+/m1/s1/i1D3,4D2. The van der Waals surface area contributed by atoms with Crippen LogP contribution < -0.4 is 16.4 Å². The minimum Gasteiger partial charge on any atom is -0.364 e. The minimum absolute atomic E-state index is 0.113. The van der Waals surface area contributed by atoms with Gasteiger partial charge in [-0.1, -0.05) is 12.8 Å². The molecule has 1 amide bonds. The Morgan fingerprint density at radius 1 is 1.35 bits per heavy atom. The highest BCUT2D eigenvalue weighted by molar-refractivity contribution is 5.96. The summed E-state index contributed by atoms with van der Waals surface area (Å²) >= 11 is 0. The highest BCUT2D eigenvalue weighted by Crippen LogP contribution is 2.26. The van der Waals surface area contributed by atoms with Gasteiger partial charge < -0.3 is 21.3 Å².